The van der Waals surface area contributed by atoms with E-state index in [0.717, 1.165) is 6.16 Å². The number of hydrogen-bond acceptors (Lipinski definition) is 1. The summed E-state index contributed by atoms with van der Waals surface area (Å²) in [6.07, 6.45) is 6.06. The summed E-state index contributed by atoms with van der Waals surface area (Å²) >= 11 is 0. The zero-order chi connectivity index (χ0) is 20.4. The molecule has 3 aromatic rings. The normalized spacial score (nSPS) is 11.7. The Labute approximate surface area is 178 Å². The Balaban J connectivity index is 2.19. The molecule has 0 aliphatic heterocycles. The zero-order valence-electron chi connectivity index (χ0n) is 18.0. The van der Waals surface area contributed by atoms with Crippen LogP contribution in [-0.2, 0) is 6.16 Å². The highest BCUT2D eigenvalue weighted by molar-refractivity contribution is 7.86. The third kappa shape index (κ3) is 5.35. The van der Waals surface area contributed by atoms with Gasteiger partial charge >= 0.3 is 0 Å². The van der Waals surface area contributed by atoms with Gasteiger partial charge in [0.25, 0.3) is 0 Å². The Bertz CT molecular complexity index is 769. The van der Waals surface area contributed by atoms with E-state index in [9.17, 15) is 0 Å². The second-order valence-corrected chi connectivity index (χ2v) is 11.2. The summed E-state index contributed by atoms with van der Waals surface area (Å²) < 4.78 is 2.87. The summed E-state index contributed by atoms with van der Waals surface area (Å²) in [5, 5.41) is 3.00. The maximum Gasteiger partial charge on any atom is 0.153 e. The number of rotatable bonds is 11. The highest BCUT2D eigenvalue weighted by Crippen LogP contribution is 2.62. The van der Waals surface area contributed by atoms with Crippen molar-refractivity contribution in [2.24, 2.45) is 0 Å². The average molecular weight is 405 g/mol. The second-order valence-electron chi connectivity index (χ2n) is 7.75. The van der Waals surface area contributed by atoms with E-state index in [0.29, 0.717) is 0 Å². The summed E-state index contributed by atoms with van der Waals surface area (Å²) in [6, 6.07) is 33.7. The van der Waals surface area contributed by atoms with Gasteiger partial charge in [0, 0.05) is 13.1 Å². The van der Waals surface area contributed by atoms with Crippen molar-refractivity contribution in [1.82, 2.24) is 4.67 Å². The second kappa shape index (κ2) is 11.3. The van der Waals surface area contributed by atoms with Crippen LogP contribution in [0.1, 0.15) is 45.1 Å². The average Bonchev–Trinajstić information content (AvgIpc) is 2.80. The van der Waals surface area contributed by atoms with Crippen molar-refractivity contribution in [3.8, 4) is 0 Å². The summed E-state index contributed by atoms with van der Waals surface area (Å²) in [6.45, 7) is 6.95. The highest BCUT2D eigenvalue weighted by atomic mass is 31.2. The molecule has 0 spiro atoms. The van der Waals surface area contributed by atoms with Crippen molar-refractivity contribution in [1.29, 1.82) is 0 Å². The van der Waals surface area contributed by atoms with Crippen molar-refractivity contribution in [2.45, 2.75) is 45.7 Å². The lowest BCUT2D eigenvalue weighted by atomic mass is 10.2. The van der Waals surface area contributed by atoms with E-state index in [1.165, 1.54) is 54.9 Å². The molecule has 0 amide bonds. The molecular weight excluding hydrogens is 369 g/mol. The van der Waals surface area contributed by atoms with Gasteiger partial charge in [0.05, 0.1) is 0 Å². The Hall–Kier alpha value is -1.95. The summed E-state index contributed by atoms with van der Waals surface area (Å²) in [7, 11) is -1.76. The minimum absolute atomic E-state index is 1.09. The predicted molar refractivity (Wildman–Crippen MR) is 131 cm³/mol. The van der Waals surface area contributed by atoms with Gasteiger partial charge in [0.2, 0.25) is 0 Å². The minimum Gasteiger partial charge on any atom is -0.170 e. The quantitative estimate of drug-likeness (QED) is 0.323. The van der Waals surface area contributed by atoms with Gasteiger partial charge in [-0.1, -0.05) is 93.4 Å². The standard InChI is InChI=1S/C27H35NP/c1-3-5-22-28(23-6-4-2)29(26-18-12-8-13-19-26,27-20-14-9-15-21-27)24-25-16-10-7-11-17-25/h7-21H,3-6,22-24H2,1-2H3/q+1. The summed E-state index contributed by atoms with van der Waals surface area (Å²) in [5.41, 5.74) is 1.44. The molecule has 0 bridgehead atoms. The van der Waals surface area contributed by atoms with Gasteiger partial charge in [-0.2, -0.15) is 4.67 Å². The fourth-order valence-electron chi connectivity index (χ4n) is 4.09. The maximum atomic E-state index is 2.87. The maximum absolute atomic E-state index is 2.87. The van der Waals surface area contributed by atoms with Gasteiger partial charge in [-0.15, -0.1) is 0 Å². The van der Waals surface area contributed by atoms with E-state index in [4.69, 9.17) is 0 Å². The molecule has 0 saturated carbocycles. The fraction of sp³-hybridized carbons (Fsp3) is 0.333. The highest BCUT2D eigenvalue weighted by Gasteiger charge is 2.48. The van der Waals surface area contributed by atoms with Crippen molar-refractivity contribution in [2.75, 3.05) is 13.1 Å². The van der Waals surface area contributed by atoms with Crippen molar-refractivity contribution in [3.63, 3.8) is 0 Å². The van der Waals surface area contributed by atoms with Crippen molar-refractivity contribution >= 4 is 18.0 Å². The Morgan fingerprint density at radius 3 is 1.41 bits per heavy atom. The van der Waals surface area contributed by atoms with Crippen molar-refractivity contribution in [3.05, 3.63) is 96.6 Å². The van der Waals surface area contributed by atoms with Crippen LogP contribution in [0.5, 0.6) is 0 Å². The van der Waals surface area contributed by atoms with Crippen LogP contribution in [0.3, 0.4) is 0 Å². The first-order chi connectivity index (χ1) is 14.3. The Kier molecular flexibility index (Phi) is 8.47. The Morgan fingerprint density at radius 2 is 1.00 bits per heavy atom. The number of hydrogen-bond donors (Lipinski definition) is 0. The summed E-state index contributed by atoms with van der Waals surface area (Å²) in [5.74, 6) is 0. The van der Waals surface area contributed by atoms with E-state index in [-0.39, 0.29) is 0 Å². The molecule has 0 saturated heterocycles. The molecule has 0 fully saturated rings. The molecule has 0 heterocycles. The van der Waals surface area contributed by atoms with Gasteiger partial charge in [-0.3, -0.25) is 0 Å². The van der Waals surface area contributed by atoms with E-state index in [1.807, 2.05) is 0 Å². The van der Waals surface area contributed by atoms with E-state index >= 15 is 0 Å². The lowest BCUT2D eigenvalue weighted by Gasteiger charge is -2.37. The van der Waals surface area contributed by atoms with Crippen LogP contribution in [0.2, 0.25) is 0 Å². The fourth-order valence-corrected chi connectivity index (χ4v) is 8.64. The van der Waals surface area contributed by atoms with Gasteiger partial charge in [0.1, 0.15) is 16.8 Å². The molecule has 29 heavy (non-hydrogen) atoms. The smallest absolute Gasteiger partial charge is 0.153 e. The van der Waals surface area contributed by atoms with Gasteiger partial charge in [-0.05, 0) is 42.7 Å². The molecule has 0 radical (unpaired) electrons. The third-order valence-electron chi connectivity index (χ3n) is 5.64. The van der Waals surface area contributed by atoms with Crippen LogP contribution in [-0.4, -0.2) is 17.8 Å². The van der Waals surface area contributed by atoms with Crippen molar-refractivity contribution < 1.29 is 0 Å². The molecule has 1 nitrogen and oxygen atoms in total. The molecular formula is C27H35NP+. The minimum atomic E-state index is -1.76. The first kappa shape index (κ1) is 21.8. The lowest BCUT2D eigenvalue weighted by Crippen LogP contribution is -2.39. The van der Waals surface area contributed by atoms with Crippen LogP contribution < -0.4 is 10.6 Å². The van der Waals surface area contributed by atoms with Gasteiger partial charge in [-0.25, -0.2) is 0 Å². The largest absolute Gasteiger partial charge is 0.170 e. The molecule has 3 rings (SSSR count). The van der Waals surface area contributed by atoms with E-state index in [1.54, 1.807) is 0 Å². The van der Waals surface area contributed by atoms with E-state index in [2.05, 4.69) is 110 Å². The third-order valence-corrected chi connectivity index (χ3v) is 10.1. The number of benzene rings is 3. The van der Waals surface area contributed by atoms with Crippen LogP contribution in [0.25, 0.3) is 0 Å². The van der Waals surface area contributed by atoms with Crippen LogP contribution in [0.15, 0.2) is 91.0 Å². The van der Waals surface area contributed by atoms with Crippen LogP contribution >= 0.6 is 7.41 Å². The molecule has 2 heteroatoms. The van der Waals surface area contributed by atoms with Crippen LogP contribution in [0, 0.1) is 0 Å². The molecule has 0 aliphatic carbocycles. The monoisotopic (exact) mass is 404 g/mol. The molecule has 0 unspecified atom stereocenters. The molecule has 3 aromatic carbocycles. The topological polar surface area (TPSA) is 3.24 Å². The molecule has 152 valence electrons. The molecule has 0 aromatic heterocycles. The number of unbranched alkanes of at least 4 members (excludes halogenated alkanes) is 2. The first-order valence-electron chi connectivity index (χ1n) is 11.1. The van der Waals surface area contributed by atoms with Crippen LogP contribution in [0.4, 0.5) is 0 Å². The van der Waals surface area contributed by atoms with Gasteiger partial charge < -0.3 is 0 Å². The molecule has 0 aliphatic rings. The number of nitrogens with zero attached hydrogens (tertiary/aromatic N) is 1. The summed E-state index contributed by atoms with van der Waals surface area (Å²) in [4.78, 5) is 0. The van der Waals surface area contributed by atoms with Gasteiger partial charge in [0.15, 0.2) is 7.41 Å². The SMILES string of the molecule is CCCCN(CCCC)[P+](Cc1ccccc1)(c1ccccc1)c1ccccc1. The Morgan fingerprint density at radius 1 is 0.586 bits per heavy atom. The molecule has 0 N–H and O–H groups in total. The molecule has 0 atom stereocenters. The predicted octanol–water partition coefficient (Wildman–Crippen LogP) is 6.67. The van der Waals surface area contributed by atoms with E-state index < -0.39 is 7.41 Å². The lowest BCUT2D eigenvalue weighted by molar-refractivity contribution is 0.428. The zero-order valence-corrected chi connectivity index (χ0v) is 18.9. The first-order valence-corrected chi connectivity index (χ1v) is 13.0.